The Labute approximate surface area is 190 Å². The second kappa shape index (κ2) is 11.0. The maximum Gasteiger partial charge on any atom is 0.187 e. The molecule has 13 nitrogen and oxygen atoms in total. The highest BCUT2D eigenvalue weighted by Crippen LogP contribution is 2.34. The van der Waals surface area contributed by atoms with Crippen LogP contribution in [0.5, 0.6) is 0 Å². The van der Waals surface area contributed by atoms with E-state index >= 15 is 0 Å². The highest BCUT2D eigenvalue weighted by atomic mass is 16.8. The van der Waals surface area contributed by atoms with Gasteiger partial charge in [-0.2, -0.15) is 0 Å². The minimum absolute atomic E-state index is 0.0622. The van der Waals surface area contributed by atoms with Crippen LogP contribution >= 0.6 is 0 Å². The average molecular weight is 482 g/mol. The molecule has 4 rings (SSSR count). The van der Waals surface area contributed by atoms with Crippen molar-refractivity contribution in [2.24, 2.45) is 11.8 Å². The van der Waals surface area contributed by atoms with Crippen molar-refractivity contribution in [2.45, 2.75) is 80.5 Å². The van der Waals surface area contributed by atoms with Crippen LogP contribution in [0.2, 0.25) is 0 Å². The molecule has 8 unspecified atom stereocenters. The first-order chi connectivity index (χ1) is 15.8. The molecule has 0 saturated carbocycles. The summed E-state index contributed by atoms with van der Waals surface area (Å²) >= 11 is 0. The zero-order chi connectivity index (χ0) is 23.7. The van der Waals surface area contributed by atoms with Crippen LogP contribution in [0.3, 0.4) is 0 Å². The monoisotopic (exact) mass is 482 g/mol. The summed E-state index contributed by atoms with van der Waals surface area (Å²) in [4.78, 5) is 0. The summed E-state index contributed by atoms with van der Waals surface area (Å²) in [6, 6.07) is 0. The highest BCUT2D eigenvalue weighted by Gasteiger charge is 2.53. The van der Waals surface area contributed by atoms with Crippen molar-refractivity contribution in [3.8, 4) is 0 Å². The number of hydrogen-bond acceptors (Lipinski definition) is 13. The van der Waals surface area contributed by atoms with E-state index in [2.05, 4.69) is 0 Å². The van der Waals surface area contributed by atoms with Gasteiger partial charge in [0.15, 0.2) is 18.9 Å². The van der Waals surface area contributed by atoms with Crippen LogP contribution in [0.15, 0.2) is 0 Å². The zero-order valence-electron chi connectivity index (χ0n) is 18.0. The van der Waals surface area contributed by atoms with E-state index in [9.17, 15) is 35.7 Å². The normalized spacial score (nSPS) is 50.8. The van der Waals surface area contributed by atoms with Gasteiger partial charge in [0.05, 0.1) is 51.3 Å². The van der Waals surface area contributed by atoms with Crippen molar-refractivity contribution in [3.05, 3.63) is 0 Å². The molecule has 0 aromatic rings. The lowest BCUT2D eigenvalue weighted by molar-refractivity contribution is -0.270. The molecule has 4 aliphatic rings. The molecule has 33 heavy (non-hydrogen) atoms. The molecule has 0 radical (unpaired) electrons. The van der Waals surface area contributed by atoms with E-state index in [1.807, 2.05) is 0 Å². The fourth-order valence-electron chi connectivity index (χ4n) is 4.47. The van der Waals surface area contributed by atoms with E-state index in [-0.39, 0.29) is 19.8 Å². The Kier molecular flexibility index (Phi) is 8.55. The Hall–Kier alpha value is -0.520. The molecule has 0 aliphatic carbocycles. The predicted molar refractivity (Wildman–Crippen MR) is 104 cm³/mol. The molecule has 13 heteroatoms. The number of rotatable bonds is 7. The Morgan fingerprint density at radius 1 is 0.758 bits per heavy atom. The standard InChI is InChI=1S/C20H34O13/c21-3-8-5-28-19(29-6-9-7-30-20-18(33-20)14(25)13(9)24)16(27)15(26)17(8)32-12-2-1-10(23)11(4-22)31-12/h8-27H,1-7H2/t8?,9-,10?,11?,12-,13-,14?,15?,16?,17?,18?,19-,20-/m1/s1. The summed E-state index contributed by atoms with van der Waals surface area (Å²) in [7, 11) is 0. The van der Waals surface area contributed by atoms with Gasteiger partial charge < -0.3 is 64.2 Å². The summed E-state index contributed by atoms with van der Waals surface area (Å²) in [6.45, 7) is -0.999. The minimum atomic E-state index is -1.56. The summed E-state index contributed by atoms with van der Waals surface area (Å²) < 4.78 is 33.1. The van der Waals surface area contributed by atoms with E-state index in [0.717, 1.165) is 0 Å². The molecule has 192 valence electrons. The Balaban J connectivity index is 1.35. The molecule has 0 bridgehead atoms. The topological polar surface area (TPSA) is 200 Å². The Bertz CT molecular complexity index is 625. The molecule has 4 saturated heterocycles. The van der Waals surface area contributed by atoms with Crippen molar-refractivity contribution >= 4 is 0 Å². The number of aliphatic hydroxyl groups is 7. The second-order valence-electron chi connectivity index (χ2n) is 9.03. The fourth-order valence-corrected chi connectivity index (χ4v) is 4.47. The maximum absolute atomic E-state index is 10.8. The highest BCUT2D eigenvalue weighted by molar-refractivity contribution is 4.94. The van der Waals surface area contributed by atoms with Crippen LogP contribution in [0.1, 0.15) is 12.8 Å². The third-order valence-electron chi connectivity index (χ3n) is 6.68. The van der Waals surface area contributed by atoms with Crippen LogP contribution < -0.4 is 0 Å². The number of epoxide rings is 1. The molecular weight excluding hydrogens is 448 g/mol. The lowest BCUT2D eigenvalue weighted by Gasteiger charge is -2.37. The van der Waals surface area contributed by atoms with Crippen LogP contribution in [-0.2, 0) is 28.4 Å². The smallest absolute Gasteiger partial charge is 0.187 e. The average Bonchev–Trinajstić information content (AvgIpc) is 3.62. The molecule has 0 aromatic carbocycles. The summed E-state index contributed by atoms with van der Waals surface area (Å²) in [5.74, 6) is -1.34. The van der Waals surface area contributed by atoms with Gasteiger partial charge in [0.2, 0.25) is 0 Å². The molecule has 0 amide bonds. The van der Waals surface area contributed by atoms with Gasteiger partial charge in [-0.3, -0.25) is 0 Å². The van der Waals surface area contributed by atoms with Gasteiger partial charge in [0, 0.05) is 18.3 Å². The molecule has 13 atom stereocenters. The van der Waals surface area contributed by atoms with E-state index in [1.54, 1.807) is 0 Å². The first-order valence-electron chi connectivity index (χ1n) is 11.3. The van der Waals surface area contributed by atoms with E-state index < -0.39 is 92.8 Å². The molecule has 4 heterocycles. The summed E-state index contributed by atoms with van der Waals surface area (Å²) in [5, 5.41) is 70.9. The predicted octanol–water partition coefficient (Wildman–Crippen LogP) is -3.97. The summed E-state index contributed by atoms with van der Waals surface area (Å²) in [6.07, 6.45) is -10.8. The van der Waals surface area contributed by atoms with Gasteiger partial charge in [0.1, 0.15) is 30.5 Å². The quantitative estimate of drug-likeness (QED) is 0.173. The molecular formula is C20H34O13. The number of ether oxygens (including phenoxy) is 6. The van der Waals surface area contributed by atoms with Gasteiger partial charge >= 0.3 is 0 Å². The second-order valence-corrected chi connectivity index (χ2v) is 9.03. The lowest BCUT2D eigenvalue weighted by atomic mass is 9.96. The molecule has 4 aliphatic heterocycles. The molecule has 0 aromatic heterocycles. The maximum atomic E-state index is 10.8. The number of fused-ring (bicyclic) bond motifs is 1. The fraction of sp³-hybridized carbons (Fsp3) is 1.00. The first-order valence-corrected chi connectivity index (χ1v) is 11.3. The minimum Gasteiger partial charge on any atom is -0.396 e. The van der Waals surface area contributed by atoms with Gasteiger partial charge in [-0.15, -0.1) is 0 Å². The van der Waals surface area contributed by atoms with E-state index in [4.69, 9.17) is 28.4 Å². The van der Waals surface area contributed by atoms with Crippen molar-refractivity contribution in [1.29, 1.82) is 0 Å². The third kappa shape index (κ3) is 5.67. The number of hydrogen-bond donors (Lipinski definition) is 7. The van der Waals surface area contributed by atoms with E-state index in [0.29, 0.717) is 12.8 Å². The number of aliphatic hydroxyl groups excluding tert-OH is 7. The SMILES string of the molecule is OCC1CO[C@H](OC[C@@H]2CO[C@@H]3OC3C(O)[C@@H]2O)C(O)C(O)C1O[C@@H]1CCC(O)C(CO)O1. The molecule has 4 fully saturated rings. The van der Waals surface area contributed by atoms with E-state index in [1.165, 1.54) is 0 Å². The van der Waals surface area contributed by atoms with Crippen LogP contribution in [-0.4, -0.2) is 136 Å². The van der Waals surface area contributed by atoms with Gasteiger partial charge in [0.25, 0.3) is 0 Å². The van der Waals surface area contributed by atoms with Gasteiger partial charge in [-0.25, -0.2) is 0 Å². The van der Waals surface area contributed by atoms with Gasteiger partial charge in [-0.1, -0.05) is 0 Å². The Morgan fingerprint density at radius 2 is 1.52 bits per heavy atom. The molecule has 0 spiro atoms. The van der Waals surface area contributed by atoms with Crippen molar-refractivity contribution in [1.82, 2.24) is 0 Å². The lowest BCUT2D eigenvalue weighted by Crippen LogP contribution is -2.51. The molecule has 7 N–H and O–H groups in total. The van der Waals surface area contributed by atoms with Crippen LogP contribution in [0, 0.1) is 11.8 Å². The zero-order valence-corrected chi connectivity index (χ0v) is 18.0. The first kappa shape index (κ1) is 25.6. The Morgan fingerprint density at radius 3 is 2.24 bits per heavy atom. The van der Waals surface area contributed by atoms with Gasteiger partial charge in [-0.05, 0) is 6.42 Å². The van der Waals surface area contributed by atoms with Crippen molar-refractivity contribution < 1.29 is 64.2 Å². The van der Waals surface area contributed by atoms with Crippen LogP contribution in [0.25, 0.3) is 0 Å². The largest absolute Gasteiger partial charge is 0.396 e. The van der Waals surface area contributed by atoms with Crippen LogP contribution in [0.4, 0.5) is 0 Å². The summed E-state index contributed by atoms with van der Waals surface area (Å²) in [5.41, 5.74) is 0. The third-order valence-corrected chi connectivity index (χ3v) is 6.68. The van der Waals surface area contributed by atoms with Crippen molar-refractivity contribution in [3.63, 3.8) is 0 Å². The van der Waals surface area contributed by atoms with Crippen molar-refractivity contribution in [2.75, 3.05) is 33.0 Å².